The number of benzene rings is 2. The summed E-state index contributed by atoms with van der Waals surface area (Å²) in [6.45, 7) is 0. The Balaban J connectivity index is 2.62. The first kappa shape index (κ1) is 8.52. The zero-order valence-electron chi connectivity index (χ0n) is 6.87. The fraction of sp³-hybridized carbons (Fsp3) is 0.0909. The Hall–Kier alpha value is -1.08. The first-order chi connectivity index (χ1) is 6.27. The summed E-state index contributed by atoms with van der Waals surface area (Å²) in [6.07, 6.45) is 0. The summed E-state index contributed by atoms with van der Waals surface area (Å²) in [6, 6.07) is 13.2. The molecular formula is C11H8ClF. The first-order valence-corrected chi connectivity index (χ1v) is 4.48. The van der Waals surface area contributed by atoms with Gasteiger partial charge < -0.3 is 0 Å². The SMILES string of the molecule is FC(Cl)c1ccc2ccccc2c1. The number of halogens is 2. The van der Waals surface area contributed by atoms with Crippen molar-refractivity contribution in [2.75, 3.05) is 0 Å². The summed E-state index contributed by atoms with van der Waals surface area (Å²) in [5, 5.41) is 2.12. The fourth-order valence-corrected chi connectivity index (χ4v) is 1.48. The molecule has 1 atom stereocenters. The largest absolute Gasteiger partial charge is 0.225 e. The van der Waals surface area contributed by atoms with Gasteiger partial charge >= 0.3 is 0 Å². The molecule has 0 nitrogen and oxygen atoms in total. The van der Waals surface area contributed by atoms with Gasteiger partial charge in [0.05, 0.1) is 0 Å². The maximum absolute atomic E-state index is 12.7. The monoisotopic (exact) mass is 194 g/mol. The molecule has 0 saturated heterocycles. The van der Waals surface area contributed by atoms with E-state index >= 15 is 0 Å². The van der Waals surface area contributed by atoms with E-state index in [0.29, 0.717) is 5.56 Å². The average molecular weight is 195 g/mol. The normalized spacial score (nSPS) is 13.1. The second-order valence-corrected chi connectivity index (χ2v) is 3.29. The Morgan fingerprint density at radius 2 is 1.69 bits per heavy atom. The third-order valence-electron chi connectivity index (χ3n) is 2.03. The van der Waals surface area contributed by atoms with E-state index in [2.05, 4.69) is 0 Å². The first-order valence-electron chi connectivity index (χ1n) is 4.04. The molecule has 2 aromatic rings. The second-order valence-electron chi connectivity index (χ2n) is 2.91. The summed E-state index contributed by atoms with van der Waals surface area (Å²) in [4.78, 5) is 0. The molecular weight excluding hydrogens is 187 g/mol. The van der Waals surface area contributed by atoms with Crippen molar-refractivity contribution in [3.63, 3.8) is 0 Å². The van der Waals surface area contributed by atoms with Crippen molar-refractivity contribution in [3.05, 3.63) is 48.0 Å². The van der Waals surface area contributed by atoms with Crippen LogP contribution in [0.25, 0.3) is 10.8 Å². The lowest BCUT2D eigenvalue weighted by atomic mass is 10.1. The zero-order chi connectivity index (χ0) is 9.26. The van der Waals surface area contributed by atoms with E-state index < -0.39 is 5.63 Å². The highest BCUT2D eigenvalue weighted by Gasteiger charge is 2.04. The van der Waals surface area contributed by atoms with Crippen LogP contribution in [-0.4, -0.2) is 0 Å². The molecule has 0 spiro atoms. The smallest absolute Gasteiger partial charge is 0.198 e. The Morgan fingerprint density at radius 3 is 2.38 bits per heavy atom. The van der Waals surface area contributed by atoms with Crippen LogP contribution in [0.5, 0.6) is 0 Å². The fourth-order valence-electron chi connectivity index (χ4n) is 1.34. The van der Waals surface area contributed by atoms with E-state index in [1.807, 2.05) is 30.3 Å². The molecule has 0 amide bonds. The predicted octanol–water partition coefficient (Wildman–Crippen LogP) is 4.05. The molecule has 66 valence electrons. The number of alkyl halides is 2. The van der Waals surface area contributed by atoms with E-state index in [0.717, 1.165) is 10.8 Å². The van der Waals surface area contributed by atoms with Crippen LogP contribution in [0, 0.1) is 0 Å². The number of rotatable bonds is 1. The van der Waals surface area contributed by atoms with Gasteiger partial charge in [-0.3, -0.25) is 0 Å². The van der Waals surface area contributed by atoms with Gasteiger partial charge in [0.2, 0.25) is 0 Å². The lowest BCUT2D eigenvalue weighted by molar-refractivity contribution is 0.461. The van der Waals surface area contributed by atoms with Crippen molar-refractivity contribution < 1.29 is 4.39 Å². The quantitative estimate of drug-likeness (QED) is 0.601. The third kappa shape index (κ3) is 1.65. The van der Waals surface area contributed by atoms with Gasteiger partial charge in [-0.1, -0.05) is 48.0 Å². The summed E-state index contributed by atoms with van der Waals surface area (Å²) < 4.78 is 12.7. The Bertz CT molecular complexity index is 423. The topological polar surface area (TPSA) is 0 Å². The molecule has 2 aromatic carbocycles. The molecule has 0 N–H and O–H groups in total. The van der Waals surface area contributed by atoms with E-state index in [4.69, 9.17) is 11.6 Å². The number of hydrogen-bond acceptors (Lipinski definition) is 0. The van der Waals surface area contributed by atoms with Crippen LogP contribution in [0.4, 0.5) is 4.39 Å². The van der Waals surface area contributed by atoms with Gasteiger partial charge in [-0.05, 0) is 16.8 Å². The van der Waals surface area contributed by atoms with Crippen molar-refractivity contribution in [1.29, 1.82) is 0 Å². The second kappa shape index (κ2) is 3.35. The molecule has 1 unspecified atom stereocenters. The highest BCUT2D eigenvalue weighted by Crippen LogP contribution is 2.25. The molecule has 2 rings (SSSR count). The Kier molecular flexibility index (Phi) is 2.19. The van der Waals surface area contributed by atoms with Gasteiger partial charge in [-0.2, -0.15) is 0 Å². The molecule has 0 saturated carbocycles. The van der Waals surface area contributed by atoms with E-state index in [9.17, 15) is 4.39 Å². The summed E-state index contributed by atoms with van der Waals surface area (Å²) in [5.41, 5.74) is -0.898. The number of hydrogen-bond donors (Lipinski definition) is 0. The van der Waals surface area contributed by atoms with E-state index in [1.165, 1.54) is 0 Å². The minimum Gasteiger partial charge on any atom is -0.225 e. The minimum absolute atomic E-state index is 0.514. The van der Waals surface area contributed by atoms with Crippen LogP contribution in [0.1, 0.15) is 11.2 Å². The maximum atomic E-state index is 12.7. The molecule has 13 heavy (non-hydrogen) atoms. The molecule has 0 aliphatic rings. The molecule has 0 heterocycles. The zero-order valence-corrected chi connectivity index (χ0v) is 7.63. The minimum atomic E-state index is -1.41. The van der Waals surface area contributed by atoms with Crippen LogP contribution in [-0.2, 0) is 0 Å². The molecule has 0 aliphatic heterocycles. The third-order valence-corrected chi connectivity index (χ3v) is 2.28. The van der Waals surface area contributed by atoms with Crippen LogP contribution < -0.4 is 0 Å². The van der Waals surface area contributed by atoms with E-state index in [-0.39, 0.29) is 0 Å². The molecule has 0 aliphatic carbocycles. The van der Waals surface area contributed by atoms with Crippen molar-refractivity contribution in [2.24, 2.45) is 0 Å². The van der Waals surface area contributed by atoms with Crippen molar-refractivity contribution in [3.8, 4) is 0 Å². The van der Waals surface area contributed by atoms with Crippen molar-refractivity contribution in [1.82, 2.24) is 0 Å². The van der Waals surface area contributed by atoms with Crippen LogP contribution in [0.15, 0.2) is 42.5 Å². The Labute approximate surface area is 80.9 Å². The maximum Gasteiger partial charge on any atom is 0.198 e. The lowest BCUT2D eigenvalue weighted by Crippen LogP contribution is -1.82. The summed E-state index contributed by atoms with van der Waals surface area (Å²) in [5.74, 6) is 0. The van der Waals surface area contributed by atoms with Gasteiger partial charge in [0.25, 0.3) is 0 Å². The van der Waals surface area contributed by atoms with Gasteiger partial charge in [0, 0.05) is 5.56 Å². The van der Waals surface area contributed by atoms with Gasteiger partial charge in [-0.25, -0.2) is 4.39 Å². The molecule has 0 bridgehead atoms. The highest BCUT2D eigenvalue weighted by atomic mass is 35.5. The van der Waals surface area contributed by atoms with Gasteiger partial charge in [0.15, 0.2) is 5.63 Å². The molecule has 0 aromatic heterocycles. The van der Waals surface area contributed by atoms with Crippen molar-refractivity contribution in [2.45, 2.75) is 5.63 Å². The highest BCUT2D eigenvalue weighted by molar-refractivity contribution is 6.19. The number of fused-ring (bicyclic) bond motifs is 1. The predicted molar refractivity (Wildman–Crippen MR) is 53.7 cm³/mol. The van der Waals surface area contributed by atoms with Crippen LogP contribution in [0.3, 0.4) is 0 Å². The van der Waals surface area contributed by atoms with E-state index in [1.54, 1.807) is 12.1 Å². The molecule has 0 radical (unpaired) electrons. The summed E-state index contributed by atoms with van der Waals surface area (Å²) >= 11 is 5.34. The molecule has 2 heteroatoms. The van der Waals surface area contributed by atoms with Gasteiger partial charge in [-0.15, -0.1) is 0 Å². The van der Waals surface area contributed by atoms with Crippen LogP contribution >= 0.6 is 11.6 Å². The summed E-state index contributed by atoms with van der Waals surface area (Å²) in [7, 11) is 0. The Morgan fingerprint density at radius 1 is 1.00 bits per heavy atom. The van der Waals surface area contributed by atoms with Crippen molar-refractivity contribution >= 4 is 22.4 Å². The molecule has 0 fully saturated rings. The van der Waals surface area contributed by atoms with Gasteiger partial charge in [0.1, 0.15) is 0 Å². The lowest BCUT2D eigenvalue weighted by Gasteiger charge is -2.02. The average Bonchev–Trinajstić information content (AvgIpc) is 2.17. The standard InChI is InChI=1S/C11H8ClF/c12-11(13)10-6-5-8-3-1-2-4-9(8)7-10/h1-7,11H. The van der Waals surface area contributed by atoms with Crippen LogP contribution in [0.2, 0.25) is 0 Å².